The highest BCUT2D eigenvalue weighted by atomic mass is 16.5. The monoisotopic (exact) mass is 314 g/mol. The summed E-state index contributed by atoms with van der Waals surface area (Å²) in [6, 6.07) is 0. The van der Waals surface area contributed by atoms with Crippen molar-refractivity contribution in [3.8, 4) is 0 Å². The summed E-state index contributed by atoms with van der Waals surface area (Å²) >= 11 is 0. The van der Waals surface area contributed by atoms with Crippen molar-refractivity contribution < 1.29 is 9.53 Å². The molecule has 0 spiro atoms. The van der Waals surface area contributed by atoms with Gasteiger partial charge in [-0.05, 0) is 66.4 Å². The molecule has 0 radical (unpaired) electrons. The van der Waals surface area contributed by atoms with E-state index in [0.29, 0.717) is 23.0 Å². The maximum Gasteiger partial charge on any atom is 0.139 e. The highest BCUT2D eigenvalue weighted by Crippen LogP contribution is 2.69. The van der Waals surface area contributed by atoms with Gasteiger partial charge in [-0.3, -0.25) is 4.79 Å². The summed E-state index contributed by atoms with van der Waals surface area (Å²) in [5.41, 5.74) is 2.02. The topological polar surface area (TPSA) is 26.3 Å². The molecular formula is C21H30O2. The molecule has 2 saturated carbocycles. The zero-order valence-corrected chi connectivity index (χ0v) is 15.1. The van der Waals surface area contributed by atoms with Crippen LogP contribution in [0.15, 0.2) is 23.5 Å². The zero-order valence-electron chi connectivity index (χ0n) is 15.1. The standard InChI is InChI=1S/C21H30O2/c1-19-11-12-21(3)17(16(19)7-8-18(19)22)6-5-14-13-15(23-4)9-10-20(14,21)2/h5,13,16-17H,6-12H2,1-4H3. The van der Waals surface area contributed by atoms with Crippen molar-refractivity contribution in [2.45, 2.75) is 65.7 Å². The Morgan fingerprint density at radius 2 is 1.87 bits per heavy atom. The van der Waals surface area contributed by atoms with Crippen LogP contribution in [-0.2, 0) is 9.53 Å². The molecular weight excluding hydrogens is 284 g/mol. The van der Waals surface area contributed by atoms with Gasteiger partial charge in [0.2, 0.25) is 0 Å². The van der Waals surface area contributed by atoms with Crippen LogP contribution in [0.3, 0.4) is 0 Å². The number of ether oxygens (including phenoxy) is 1. The first-order valence-electron chi connectivity index (χ1n) is 9.34. The molecule has 0 bridgehead atoms. The predicted octanol–water partition coefficient (Wildman–Crippen LogP) is 5.05. The number of methoxy groups -OCH3 is 1. The summed E-state index contributed by atoms with van der Waals surface area (Å²) in [5, 5.41) is 0. The second-order valence-corrected chi connectivity index (χ2v) is 9.05. The fourth-order valence-corrected chi connectivity index (χ4v) is 6.56. The summed E-state index contributed by atoms with van der Waals surface area (Å²) in [6.07, 6.45) is 12.4. The minimum atomic E-state index is -0.0337. The molecule has 0 aromatic rings. The van der Waals surface area contributed by atoms with E-state index in [1.165, 1.54) is 18.4 Å². The van der Waals surface area contributed by atoms with Crippen molar-refractivity contribution in [1.82, 2.24) is 0 Å². The summed E-state index contributed by atoms with van der Waals surface area (Å²) in [5.74, 6) is 2.93. The third-order valence-corrected chi connectivity index (χ3v) is 8.54. The van der Waals surface area contributed by atoms with E-state index in [1.807, 2.05) is 0 Å². The fourth-order valence-electron chi connectivity index (χ4n) is 6.56. The molecule has 2 nitrogen and oxygen atoms in total. The Morgan fingerprint density at radius 1 is 1.09 bits per heavy atom. The van der Waals surface area contributed by atoms with E-state index in [-0.39, 0.29) is 10.8 Å². The van der Waals surface area contributed by atoms with Crippen LogP contribution < -0.4 is 0 Å². The molecule has 5 unspecified atom stereocenters. The van der Waals surface area contributed by atoms with Gasteiger partial charge in [0.15, 0.2) is 0 Å². The van der Waals surface area contributed by atoms with Crippen molar-refractivity contribution in [3.63, 3.8) is 0 Å². The number of ketones is 1. The highest BCUT2D eigenvalue weighted by Gasteiger charge is 2.63. The van der Waals surface area contributed by atoms with Crippen molar-refractivity contribution in [2.75, 3.05) is 7.11 Å². The van der Waals surface area contributed by atoms with E-state index in [4.69, 9.17) is 4.74 Å². The Labute approximate surface area is 140 Å². The Morgan fingerprint density at radius 3 is 2.61 bits per heavy atom. The molecule has 4 aliphatic carbocycles. The van der Waals surface area contributed by atoms with Gasteiger partial charge in [0.05, 0.1) is 12.9 Å². The Bertz CT molecular complexity index is 615. The van der Waals surface area contributed by atoms with Gasteiger partial charge in [0.1, 0.15) is 5.78 Å². The molecule has 126 valence electrons. The number of hydrogen-bond donors (Lipinski definition) is 0. The Balaban J connectivity index is 1.77. The molecule has 2 heteroatoms. The Kier molecular flexibility index (Phi) is 3.19. The minimum Gasteiger partial charge on any atom is -0.501 e. The normalized spacial score (nSPS) is 48.8. The van der Waals surface area contributed by atoms with Crippen LogP contribution >= 0.6 is 0 Å². The largest absolute Gasteiger partial charge is 0.501 e. The number of allylic oxidation sites excluding steroid dienone is 4. The lowest BCUT2D eigenvalue weighted by Crippen LogP contribution is -2.55. The van der Waals surface area contributed by atoms with Crippen LogP contribution in [0.25, 0.3) is 0 Å². The number of hydrogen-bond acceptors (Lipinski definition) is 2. The van der Waals surface area contributed by atoms with Crippen LogP contribution in [0.2, 0.25) is 0 Å². The number of rotatable bonds is 1. The molecule has 4 aliphatic rings. The molecule has 0 saturated heterocycles. The second-order valence-electron chi connectivity index (χ2n) is 9.05. The second kappa shape index (κ2) is 4.74. The number of Topliss-reactive ketones (excluding diaryl/α,β-unsaturated/α-hetero) is 1. The molecule has 0 heterocycles. The van der Waals surface area contributed by atoms with Gasteiger partial charge in [-0.15, -0.1) is 0 Å². The molecule has 4 rings (SSSR count). The summed E-state index contributed by atoms with van der Waals surface area (Å²) < 4.78 is 5.53. The number of carbonyl (C=O) groups excluding carboxylic acids is 1. The van der Waals surface area contributed by atoms with Gasteiger partial charge in [-0.1, -0.05) is 26.8 Å². The molecule has 0 amide bonds. The maximum atomic E-state index is 12.5. The van der Waals surface area contributed by atoms with Crippen LogP contribution in [-0.4, -0.2) is 12.9 Å². The molecule has 5 atom stereocenters. The third-order valence-electron chi connectivity index (χ3n) is 8.54. The van der Waals surface area contributed by atoms with Crippen molar-refractivity contribution in [2.24, 2.45) is 28.1 Å². The molecule has 0 aromatic heterocycles. The maximum absolute atomic E-state index is 12.5. The van der Waals surface area contributed by atoms with Gasteiger partial charge in [0.25, 0.3) is 0 Å². The smallest absolute Gasteiger partial charge is 0.139 e. The van der Waals surface area contributed by atoms with Gasteiger partial charge in [0, 0.05) is 18.3 Å². The van der Waals surface area contributed by atoms with E-state index >= 15 is 0 Å². The number of fused-ring (bicyclic) bond motifs is 5. The molecule has 23 heavy (non-hydrogen) atoms. The van der Waals surface area contributed by atoms with E-state index in [2.05, 4.69) is 32.9 Å². The van der Waals surface area contributed by atoms with Gasteiger partial charge < -0.3 is 4.74 Å². The van der Waals surface area contributed by atoms with Crippen LogP contribution in [0.4, 0.5) is 0 Å². The molecule has 0 N–H and O–H groups in total. The lowest BCUT2D eigenvalue weighted by molar-refractivity contribution is -0.138. The van der Waals surface area contributed by atoms with E-state index in [9.17, 15) is 4.79 Å². The highest BCUT2D eigenvalue weighted by molar-refractivity contribution is 5.87. The SMILES string of the molecule is COC1=CC2=CCC3C4CCC(=O)C4(C)CCC3(C)C2(C)CC1. The van der Waals surface area contributed by atoms with Crippen LogP contribution in [0.5, 0.6) is 0 Å². The first-order chi connectivity index (χ1) is 10.8. The van der Waals surface area contributed by atoms with Crippen molar-refractivity contribution in [3.05, 3.63) is 23.5 Å². The van der Waals surface area contributed by atoms with E-state index in [1.54, 1.807) is 7.11 Å². The summed E-state index contributed by atoms with van der Waals surface area (Å²) in [6.45, 7) is 7.27. The quantitative estimate of drug-likeness (QED) is 0.677. The van der Waals surface area contributed by atoms with Gasteiger partial charge in [-0.25, -0.2) is 0 Å². The van der Waals surface area contributed by atoms with E-state index in [0.717, 1.165) is 37.9 Å². The first-order valence-corrected chi connectivity index (χ1v) is 9.34. The molecule has 2 fully saturated rings. The van der Waals surface area contributed by atoms with Gasteiger partial charge >= 0.3 is 0 Å². The Hall–Kier alpha value is -1.05. The lowest BCUT2D eigenvalue weighted by atomic mass is 9.42. The summed E-state index contributed by atoms with van der Waals surface area (Å²) in [7, 11) is 1.79. The average molecular weight is 314 g/mol. The first kappa shape index (κ1) is 15.5. The molecule has 0 aromatic carbocycles. The zero-order chi connectivity index (χ0) is 16.5. The van der Waals surface area contributed by atoms with Crippen molar-refractivity contribution in [1.29, 1.82) is 0 Å². The van der Waals surface area contributed by atoms with Gasteiger partial charge in [-0.2, -0.15) is 0 Å². The average Bonchev–Trinajstić information content (AvgIpc) is 2.83. The third kappa shape index (κ3) is 1.78. The van der Waals surface area contributed by atoms with Crippen molar-refractivity contribution >= 4 is 5.78 Å². The molecule has 0 aliphatic heterocycles. The lowest BCUT2D eigenvalue weighted by Gasteiger charge is -2.62. The predicted molar refractivity (Wildman–Crippen MR) is 91.8 cm³/mol. The minimum absolute atomic E-state index is 0.0337. The van der Waals surface area contributed by atoms with Crippen LogP contribution in [0.1, 0.15) is 65.7 Å². The number of carbonyl (C=O) groups is 1. The van der Waals surface area contributed by atoms with E-state index < -0.39 is 0 Å². The van der Waals surface area contributed by atoms with Crippen LogP contribution in [0, 0.1) is 28.1 Å². The summed E-state index contributed by atoms with van der Waals surface area (Å²) in [4.78, 5) is 12.5. The fraction of sp³-hybridized carbons (Fsp3) is 0.762.